The van der Waals surface area contributed by atoms with Crippen LogP contribution in [-0.2, 0) is 6.54 Å². The lowest BCUT2D eigenvalue weighted by molar-refractivity contribution is 0.317. The molecule has 3 heteroatoms. The summed E-state index contributed by atoms with van der Waals surface area (Å²) in [4.78, 5) is 0. The molecule has 2 rings (SSSR count). The number of rotatable bonds is 6. The summed E-state index contributed by atoms with van der Waals surface area (Å²) in [6, 6.07) is 12.2. The van der Waals surface area contributed by atoms with Crippen molar-refractivity contribution in [3.63, 3.8) is 0 Å². The Morgan fingerprint density at radius 2 is 1.81 bits per heavy atom. The molecule has 0 unspecified atom stereocenters. The fourth-order valence-electron chi connectivity index (χ4n) is 2.26. The molecule has 0 amide bonds. The fraction of sp³-hybridized carbons (Fsp3) is 0.333. The monoisotopic (exact) mass is 303 g/mol. The highest BCUT2D eigenvalue weighted by molar-refractivity contribution is 6.32. The van der Waals surface area contributed by atoms with E-state index in [0.29, 0.717) is 11.6 Å². The van der Waals surface area contributed by atoms with Gasteiger partial charge in [0.05, 0.1) is 11.6 Å². The van der Waals surface area contributed by atoms with Crippen LogP contribution < -0.4 is 10.1 Å². The second kappa shape index (κ2) is 7.37. The smallest absolute Gasteiger partial charge is 0.138 e. The molecule has 0 saturated carbocycles. The molecular formula is C18H22ClNO. The standard InChI is InChI=1S/C18H22ClNO/c1-4-10-21-18-9-8-15(11-17(18)19)20-12-16-13(2)6-5-7-14(16)3/h5-9,11,20H,4,10,12H2,1-3H3. The van der Waals surface area contributed by atoms with Gasteiger partial charge in [-0.25, -0.2) is 0 Å². The SMILES string of the molecule is CCCOc1ccc(NCc2c(C)cccc2C)cc1Cl. The lowest BCUT2D eigenvalue weighted by Crippen LogP contribution is -2.03. The van der Waals surface area contributed by atoms with Crippen LogP contribution in [-0.4, -0.2) is 6.61 Å². The van der Waals surface area contributed by atoms with E-state index in [9.17, 15) is 0 Å². The van der Waals surface area contributed by atoms with Gasteiger partial charge in [-0.15, -0.1) is 0 Å². The van der Waals surface area contributed by atoms with Gasteiger partial charge in [-0.1, -0.05) is 36.7 Å². The molecule has 0 atom stereocenters. The molecule has 0 fully saturated rings. The summed E-state index contributed by atoms with van der Waals surface area (Å²) in [5.41, 5.74) is 4.94. The van der Waals surface area contributed by atoms with Crippen LogP contribution in [0.1, 0.15) is 30.0 Å². The first-order valence-electron chi connectivity index (χ1n) is 7.33. The molecule has 0 aromatic heterocycles. The molecule has 0 saturated heterocycles. The van der Waals surface area contributed by atoms with Crippen LogP contribution in [0.25, 0.3) is 0 Å². The first kappa shape index (κ1) is 15.7. The predicted molar refractivity (Wildman–Crippen MR) is 90.5 cm³/mol. The average molecular weight is 304 g/mol. The topological polar surface area (TPSA) is 21.3 Å². The summed E-state index contributed by atoms with van der Waals surface area (Å²) in [6.07, 6.45) is 0.975. The van der Waals surface area contributed by atoms with E-state index in [0.717, 1.165) is 24.4 Å². The third-order valence-corrected chi connectivity index (χ3v) is 3.80. The number of halogens is 1. The Morgan fingerprint density at radius 1 is 1.10 bits per heavy atom. The number of anilines is 1. The Balaban J connectivity index is 2.05. The quantitative estimate of drug-likeness (QED) is 0.776. The molecule has 2 aromatic rings. The minimum absolute atomic E-state index is 0.648. The van der Waals surface area contributed by atoms with Crippen LogP contribution in [0.4, 0.5) is 5.69 Å². The highest BCUT2D eigenvalue weighted by Gasteiger charge is 2.05. The largest absolute Gasteiger partial charge is 0.492 e. The Kier molecular flexibility index (Phi) is 5.51. The van der Waals surface area contributed by atoms with E-state index in [4.69, 9.17) is 16.3 Å². The van der Waals surface area contributed by atoms with E-state index in [1.54, 1.807) is 0 Å². The highest BCUT2D eigenvalue weighted by atomic mass is 35.5. The third kappa shape index (κ3) is 4.15. The predicted octanol–water partition coefficient (Wildman–Crippen LogP) is 5.36. The van der Waals surface area contributed by atoms with Gasteiger partial charge in [0.15, 0.2) is 0 Å². The summed E-state index contributed by atoms with van der Waals surface area (Å²) in [6.45, 7) is 7.84. The van der Waals surface area contributed by atoms with Gasteiger partial charge < -0.3 is 10.1 Å². The number of nitrogens with one attached hydrogen (secondary N) is 1. The Morgan fingerprint density at radius 3 is 2.43 bits per heavy atom. The van der Waals surface area contributed by atoms with Crippen molar-refractivity contribution in [1.29, 1.82) is 0 Å². The zero-order valence-corrected chi connectivity index (χ0v) is 13.6. The van der Waals surface area contributed by atoms with E-state index in [-0.39, 0.29) is 0 Å². The summed E-state index contributed by atoms with van der Waals surface area (Å²) in [7, 11) is 0. The summed E-state index contributed by atoms with van der Waals surface area (Å²) >= 11 is 6.24. The Bertz CT molecular complexity index is 590. The van der Waals surface area contributed by atoms with Gasteiger partial charge in [0.2, 0.25) is 0 Å². The summed E-state index contributed by atoms with van der Waals surface area (Å²) < 4.78 is 5.58. The highest BCUT2D eigenvalue weighted by Crippen LogP contribution is 2.28. The Hall–Kier alpha value is -1.67. The molecule has 21 heavy (non-hydrogen) atoms. The van der Waals surface area contributed by atoms with Crippen LogP contribution >= 0.6 is 11.6 Å². The van der Waals surface area contributed by atoms with E-state index in [1.165, 1.54) is 16.7 Å². The lowest BCUT2D eigenvalue weighted by atomic mass is 10.0. The zero-order chi connectivity index (χ0) is 15.2. The fourth-order valence-corrected chi connectivity index (χ4v) is 2.49. The Labute approximate surface area is 132 Å². The van der Waals surface area contributed by atoms with Crippen molar-refractivity contribution in [1.82, 2.24) is 0 Å². The van der Waals surface area contributed by atoms with E-state index in [2.05, 4.69) is 44.3 Å². The molecule has 0 aliphatic heterocycles. The first-order valence-corrected chi connectivity index (χ1v) is 7.71. The van der Waals surface area contributed by atoms with Gasteiger partial charge in [0.1, 0.15) is 5.75 Å². The molecule has 0 bridgehead atoms. The van der Waals surface area contributed by atoms with Gasteiger partial charge in [-0.2, -0.15) is 0 Å². The first-order chi connectivity index (χ1) is 10.1. The molecule has 0 radical (unpaired) electrons. The third-order valence-electron chi connectivity index (χ3n) is 3.51. The van der Waals surface area contributed by atoms with E-state index >= 15 is 0 Å². The summed E-state index contributed by atoms with van der Waals surface area (Å²) in [5.74, 6) is 0.746. The van der Waals surface area contributed by atoms with Crippen molar-refractivity contribution in [2.75, 3.05) is 11.9 Å². The van der Waals surface area contributed by atoms with Gasteiger partial charge in [0, 0.05) is 12.2 Å². The van der Waals surface area contributed by atoms with Gasteiger partial charge in [-0.05, 0) is 55.2 Å². The van der Waals surface area contributed by atoms with Crippen LogP contribution in [0.3, 0.4) is 0 Å². The average Bonchev–Trinajstić information content (AvgIpc) is 2.46. The van der Waals surface area contributed by atoms with Gasteiger partial charge in [0.25, 0.3) is 0 Å². The van der Waals surface area contributed by atoms with Crippen LogP contribution in [0.5, 0.6) is 5.75 Å². The molecule has 2 aromatic carbocycles. The number of hydrogen-bond acceptors (Lipinski definition) is 2. The number of benzene rings is 2. The second-order valence-corrected chi connectivity index (χ2v) is 5.62. The molecule has 0 aliphatic rings. The van der Waals surface area contributed by atoms with E-state index in [1.807, 2.05) is 18.2 Å². The van der Waals surface area contributed by atoms with Crippen molar-refractivity contribution in [3.8, 4) is 5.75 Å². The molecule has 0 aliphatic carbocycles. The maximum absolute atomic E-state index is 6.24. The van der Waals surface area contributed by atoms with E-state index < -0.39 is 0 Å². The molecule has 112 valence electrons. The summed E-state index contributed by atoms with van der Waals surface area (Å²) in [5, 5.41) is 4.07. The van der Waals surface area contributed by atoms with Crippen molar-refractivity contribution in [3.05, 3.63) is 58.1 Å². The van der Waals surface area contributed by atoms with Gasteiger partial charge in [-0.3, -0.25) is 0 Å². The molecule has 1 N–H and O–H groups in total. The maximum Gasteiger partial charge on any atom is 0.138 e. The maximum atomic E-state index is 6.24. The van der Waals surface area contributed by atoms with Crippen molar-refractivity contribution < 1.29 is 4.74 Å². The van der Waals surface area contributed by atoms with Crippen molar-refractivity contribution in [2.24, 2.45) is 0 Å². The van der Waals surface area contributed by atoms with Crippen LogP contribution in [0, 0.1) is 13.8 Å². The number of aryl methyl sites for hydroxylation is 2. The van der Waals surface area contributed by atoms with Crippen molar-refractivity contribution >= 4 is 17.3 Å². The molecule has 0 spiro atoms. The minimum atomic E-state index is 0.648. The number of hydrogen-bond donors (Lipinski definition) is 1. The van der Waals surface area contributed by atoms with Crippen LogP contribution in [0.2, 0.25) is 5.02 Å². The van der Waals surface area contributed by atoms with Crippen molar-refractivity contribution in [2.45, 2.75) is 33.7 Å². The zero-order valence-electron chi connectivity index (χ0n) is 12.9. The van der Waals surface area contributed by atoms with Gasteiger partial charge >= 0.3 is 0 Å². The second-order valence-electron chi connectivity index (χ2n) is 5.22. The minimum Gasteiger partial charge on any atom is -0.492 e. The molecular weight excluding hydrogens is 282 g/mol. The molecule has 2 nitrogen and oxygen atoms in total. The number of ether oxygens (including phenoxy) is 1. The normalized spacial score (nSPS) is 10.5. The van der Waals surface area contributed by atoms with Crippen LogP contribution in [0.15, 0.2) is 36.4 Å². The molecule has 0 heterocycles. The lowest BCUT2D eigenvalue weighted by Gasteiger charge is -2.13.